The van der Waals surface area contributed by atoms with Gasteiger partial charge in [0.1, 0.15) is 5.25 Å². The predicted octanol–water partition coefficient (Wildman–Crippen LogP) is 2.66. The minimum atomic E-state index is -0.167. The van der Waals surface area contributed by atoms with Gasteiger partial charge in [-0.3, -0.25) is 0 Å². The molecule has 1 aromatic heterocycles. The van der Waals surface area contributed by atoms with Gasteiger partial charge in [0.05, 0.1) is 6.07 Å². The molecule has 1 heterocycles. The van der Waals surface area contributed by atoms with Crippen LogP contribution in [0.4, 0.5) is 5.13 Å². The Morgan fingerprint density at radius 2 is 2.11 bits per heavy atom. The van der Waals surface area contributed by atoms with E-state index in [1.165, 1.54) is 28.7 Å². The largest absolute Gasteiger partial charge is 0.374 e. The molecule has 92 valence electrons. The lowest BCUT2D eigenvalue weighted by Crippen LogP contribution is -2.03. The van der Waals surface area contributed by atoms with Crippen molar-refractivity contribution in [2.45, 2.75) is 22.9 Å². The maximum absolute atomic E-state index is 9.16. The summed E-state index contributed by atoms with van der Waals surface area (Å²) < 4.78 is 0.742. The van der Waals surface area contributed by atoms with E-state index in [2.05, 4.69) is 40.5 Å². The van der Waals surface area contributed by atoms with E-state index >= 15 is 0 Å². The third-order valence-electron chi connectivity index (χ3n) is 2.35. The standard InChI is InChI=1S/C12H12N4S2/c1-8-2-4-9(5-3-8)6-10(7-13)17-12-16-15-11(14)18-12/h2-5,10H,6H2,1H3,(H2,14,15). The average Bonchev–Trinajstić information content (AvgIpc) is 2.77. The minimum Gasteiger partial charge on any atom is -0.374 e. The molecule has 0 saturated carbocycles. The molecule has 1 atom stereocenters. The fourth-order valence-corrected chi connectivity index (χ4v) is 3.24. The second kappa shape index (κ2) is 5.85. The Kier molecular flexibility index (Phi) is 4.18. The maximum atomic E-state index is 9.16. The van der Waals surface area contributed by atoms with Crippen molar-refractivity contribution in [3.63, 3.8) is 0 Å². The Morgan fingerprint density at radius 1 is 1.39 bits per heavy atom. The summed E-state index contributed by atoms with van der Waals surface area (Å²) in [6.07, 6.45) is 0.695. The Balaban J connectivity index is 2.02. The zero-order valence-corrected chi connectivity index (χ0v) is 11.5. The number of hydrogen-bond acceptors (Lipinski definition) is 6. The van der Waals surface area contributed by atoms with Crippen LogP contribution in [-0.4, -0.2) is 15.4 Å². The molecule has 0 aliphatic rings. The van der Waals surface area contributed by atoms with Crippen LogP contribution < -0.4 is 5.73 Å². The third kappa shape index (κ3) is 3.45. The lowest BCUT2D eigenvalue weighted by atomic mass is 10.1. The number of anilines is 1. The van der Waals surface area contributed by atoms with Crippen molar-refractivity contribution < 1.29 is 0 Å². The number of nitrogen functional groups attached to an aromatic ring is 1. The highest BCUT2D eigenvalue weighted by Gasteiger charge is 2.13. The summed E-state index contributed by atoms with van der Waals surface area (Å²) in [5, 5.41) is 17.1. The average molecular weight is 276 g/mol. The topological polar surface area (TPSA) is 75.6 Å². The summed E-state index contributed by atoms with van der Waals surface area (Å²) in [5.74, 6) is 0. The van der Waals surface area contributed by atoms with Crippen LogP contribution in [0.5, 0.6) is 0 Å². The van der Waals surface area contributed by atoms with E-state index in [1.807, 2.05) is 6.92 Å². The molecule has 1 aromatic carbocycles. The number of nitrogens with two attached hydrogens (primary N) is 1. The van der Waals surface area contributed by atoms with Gasteiger partial charge < -0.3 is 5.73 Å². The van der Waals surface area contributed by atoms with Gasteiger partial charge in [-0.25, -0.2) is 0 Å². The molecule has 0 saturated heterocycles. The first-order valence-electron chi connectivity index (χ1n) is 5.38. The summed E-state index contributed by atoms with van der Waals surface area (Å²) >= 11 is 2.72. The maximum Gasteiger partial charge on any atom is 0.203 e. The quantitative estimate of drug-likeness (QED) is 0.869. The summed E-state index contributed by atoms with van der Waals surface area (Å²) in [6.45, 7) is 2.05. The summed E-state index contributed by atoms with van der Waals surface area (Å²) in [7, 11) is 0. The zero-order valence-electron chi connectivity index (χ0n) is 9.83. The molecule has 0 amide bonds. The Bertz CT molecular complexity index is 556. The van der Waals surface area contributed by atoms with Crippen molar-refractivity contribution in [3.05, 3.63) is 35.4 Å². The normalized spacial score (nSPS) is 12.0. The molecule has 0 aliphatic heterocycles. The third-order valence-corrected chi connectivity index (χ3v) is 4.28. The zero-order chi connectivity index (χ0) is 13.0. The number of aromatic nitrogens is 2. The second-order valence-corrected chi connectivity index (χ2v) is 6.29. The van der Waals surface area contributed by atoms with Gasteiger partial charge in [-0.05, 0) is 18.9 Å². The Morgan fingerprint density at radius 3 is 2.67 bits per heavy atom. The van der Waals surface area contributed by atoms with Crippen molar-refractivity contribution >= 4 is 28.2 Å². The van der Waals surface area contributed by atoms with Crippen LogP contribution in [0.2, 0.25) is 0 Å². The van der Waals surface area contributed by atoms with Crippen molar-refractivity contribution in [3.8, 4) is 6.07 Å². The van der Waals surface area contributed by atoms with Crippen LogP contribution in [0.15, 0.2) is 28.6 Å². The van der Waals surface area contributed by atoms with Crippen LogP contribution in [0.25, 0.3) is 0 Å². The number of benzene rings is 1. The molecule has 18 heavy (non-hydrogen) atoms. The molecule has 1 unspecified atom stereocenters. The van der Waals surface area contributed by atoms with E-state index in [1.54, 1.807) is 0 Å². The minimum absolute atomic E-state index is 0.167. The number of nitriles is 1. The lowest BCUT2D eigenvalue weighted by molar-refractivity contribution is 0.992. The molecule has 2 rings (SSSR count). The monoisotopic (exact) mass is 276 g/mol. The summed E-state index contributed by atoms with van der Waals surface area (Å²) in [4.78, 5) is 0. The number of nitrogens with zero attached hydrogens (tertiary/aromatic N) is 3. The van der Waals surface area contributed by atoms with Gasteiger partial charge in [-0.2, -0.15) is 5.26 Å². The van der Waals surface area contributed by atoms with Gasteiger partial charge in [0.15, 0.2) is 4.34 Å². The highest BCUT2D eigenvalue weighted by Crippen LogP contribution is 2.29. The van der Waals surface area contributed by atoms with Crippen LogP contribution in [-0.2, 0) is 6.42 Å². The SMILES string of the molecule is Cc1ccc(CC(C#N)Sc2nnc(N)s2)cc1. The van der Waals surface area contributed by atoms with E-state index < -0.39 is 0 Å². The van der Waals surface area contributed by atoms with Crippen molar-refractivity contribution in [1.82, 2.24) is 10.2 Å². The van der Waals surface area contributed by atoms with Crippen LogP contribution in [0.3, 0.4) is 0 Å². The van der Waals surface area contributed by atoms with Crippen molar-refractivity contribution in [2.75, 3.05) is 5.73 Å². The molecule has 0 radical (unpaired) electrons. The van der Waals surface area contributed by atoms with Gasteiger partial charge in [0, 0.05) is 0 Å². The first kappa shape index (κ1) is 12.9. The summed E-state index contributed by atoms with van der Waals surface area (Å²) in [6, 6.07) is 10.5. The fraction of sp³-hybridized carbons (Fsp3) is 0.250. The number of aryl methyl sites for hydroxylation is 1. The van der Waals surface area contributed by atoms with E-state index in [4.69, 9.17) is 11.0 Å². The smallest absolute Gasteiger partial charge is 0.203 e. The fourth-order valence-electron chi connectivity index (χ4n) is 1.44. The van der Waals surface area contributed by atoms with Gasteiger partial charge >= 0.3 is 0 Å². The van der Waals surface area contributed by atoms with E-state index in [0.717, 1.165) is 9.90 Å². The second-order valence-electron chi connectivity index (χ2n) is 3.83. The molecule has 0 bridgehead atoms. The van der Waals surface area contributed by atoms with Gasteiger partial charge in [-0.15, -0.1) is 10.2 Å². The first-order chi connectivity index (χ1) is 8.67. The molecular weight excluding hydrogens is 264 g/mol. The van der Waals surface area contributed by atoms with Crippen LogP contribution >= 0.6 is 23.1 Å². The molecular formula is C12H12N4S2. The molecule has 0 fully saturated rings. The molecule has 0 aliphatic carbocycles. The number of thioether (sulfide) groups is 1. The van der Waals surface area contributed by atoms with Gasteiger partial charge in [0.25, 0.3) is 0 Å². The van der Waals surface area contributed by atoms with Gasteiger partial charge in [-0.1, -0.05) is 52.9 Å². The van der Waals surface area contributed by atoms with E-state index in [9.17, 15) is 0 Å². The van der Waals surface area contributed by atoms with Gasteiger partial charge in [0.2, 0.25) is 5.13 Å². The summed E-state index contributed by atoms with van der Waals surface area (Å²) in [5.41, 5.74) is 7.88. The van der Waals surface area contributed by atoms with Crippen LogP contribution in [0.1, 0.15) is 11.1 Å². The first-order valence-corrected chi connectivity index (χ1v) is 7.08. The molecule has 2 aromatic rings. The molecule has 4 nitrogen and oxygen atoms in total. The van der Waals surface area contributed by atoms with Crippen LogP contribution in [0, 0.1) is 18.3 Å². The van der Waals surface area contributed by atoms with E-state index in [-0.39, 0.29) is 5.25 Å². The Hall–Kier alpha value is -1.58. The Labute approximate surface area is 114 Å². The highest BCUT2D eigenvalue weighted by molar-refractivity contribution is 8.01. The van der Waals surface area contributed by atoms with E-state index in [0.29, 0.717) is 11.6 Å². The number of rotatable bonds is 4. The molecule has 0 spiro atoms. The molecule has 2 N–H and O–H groups in total. The molecule has 6 heteroatoms. The predicted molar refractivity (Wildman–Crippen MR) is 74.5 cm³/mol. The number of hydrogen-bond donors (Lipinski definition) is 1. The lowest BCUT2D eigenvalue weighted by Gasteiger charge is -2.06. The van der Waals surface area contributed by atoms with Crippen molar-refractivity contribution in [1.29, 1.82) is 5.26 Å². The van der Waals surface area contributed by atoms with Crippen molar-refractivity contribution in [2.24, 2.45) is 0 Å². The highest BCUT2D eigenvalue weighted by atomic mass is 32.2.